The molecule has 0 spiro atoms. The highest BCUT2D eigenvalue weighted by Crippen LogP contribution is 2.38. The Bertz CT molecular complexity index is 597. The minimum absolute atomic E-state index is 0.149. The van der Waals surface area contributed by atoms with E-state index in [1.165, 1.54) is 5.56 Å². The number of benzene rings is 1. The van der Waals surface area contributed by atoms with Crippen molar-refractivity contribution in [2.45, 2.75) is 44.6 Å². The molecule has 0 saturated carbocycles. The maximum Gasteiger partial charge on any atom is 0.123 e. The number of fused-ring (bicyclic) bond motifs is 1. The molecule has 3 rings (SSSR count). The summed E-state index contributed by atoms with van der Waals surface area (Å²) < 4.78 is 5.75. The quantitative estimate of drug-likeness (QED) is 0.783. The van der Waals surface area contributed by atoms with E-state index in [1.54, 1.807) is 0 Å². The van der Waals surface area contributed by atoms with E-state index in [1.807, 2.05) is 12.1 Å². The highest BCUT2D eigenvalue weighted by atomic mass is 16.5. The number of hydrogen-bond acceptors (Lipinski definition) is 3. The first-order chi connectivity index (χ1) is 10.6. The molecule has 2 unspecified atom stereocenters. The first-order valence-electron chi connectivity index (χ1n) is 8.21. The fourth-order valence-corrected chi connectivity index (χ4v) is 3.26. The average Bonchev–Trinajstić information content (AvgIpc) is 2.53. The molecule has 2 atom stereocenters. The molecule has 0 radical (unpaired) electrons. The molecular formula is C19H25NO2. The second kappa shape index (κ2) is 6.32. The average molecular weight is 299 g/mol. The minimum Gasteiger partial charge on any atom is -0.493 e. The molecule has 2 aliphatic heterocycles. The van der Waals surface area contributed by atoms with E-state index in [0.29, 0.717) is 5.92 Å². The van der Waals surface area contributed by atoms with Gasteiger partial charge in [-0.25, -0.2) is 0 Å². The fraction of sp³-hybridized carbons (Fsp3) is 0.579. The number of nitrogens with one attached hydrogen (secondary N) is 1. The lowest BCUT2D eigenvalue weighted by Gasteiger charge is -2.32. The molecule has 2 heterocycles. The number of rotatable bonds is 1. The summed E-state index contributed by atoms with van der Waals surface area (Å²) in [5.74, 6) is 8.00. The smallest absolute Gasteiger partial charge is 0.123 e. The Morgan fingerprint density at radius 2 is 2.27 bits per heavy atom. The van der Waals surface area contributed by atoms with Crippen molar-refractivity contribution in [1.29, 1.82) is 0 Å². The Morgan fingerprint density at radius 1 is 1.41 bits per heavy atom. The van der Waals surface area contributed by atoms with Crippen molar-refractivity contribution in [2.24, 2.45) is 5.92 Å². The van der Waals surface area contributed by atoms with Gasteiger partial charge in [0.1, 0.15) is 5.75 Å². The second-order valence-electron chi connectivity index (χ2n) is 7.04. The molecular weight excluding hydrogens is 274 g/mol. The van der Waals surface area contributed by atoms with Crippen LogP contribution in [0.25, 0.3) is 0 Å². The van der Waals surface area contributed by atoms with Crippen molar-refractivity contribution in [1.82, 2.24) is 5.32 Å². The van der Waals surface area contributed by atoms with Gasteiger partial charge in [0, 0.05) is 17.7 Å². The van der Waals surface area contributed by atoms with Crippen LogP contribution >= 0.6 is 0 Å². The zero-order chi connectivity index (χ0) is 15.6. The van der Waals surface area contributed by atoms with Crippen LogP contribution in [-0.2, 0) is 5.41 Å². The number of ether oxygens (including phenoxy) is 1. The van der Waals surface area contributed by atoms with E-state index in [-0.39, 0.29) is 18.1 Å². The molecule has 1 saturated heterocycles. The molecule has 118 valence electrons. The van der Waals surface area contributed by atoms with Gasteiger partial charge in [-0.3, -0.25) is 0 Å². The normalized spacial score (nSPS) is 26.3. The standard InChI is InChI=1S/C19H25NO2/c1-19(2)8-10-22-18-6-4-14(12-17(18)19)3-5-16-11-15(13-21)7-9-20-16/h4,6,12,15-16,20-21H,7-11,13H2,1-2H3. The van der Waals surface area contributed by atoms with Crippen LogP contribution in [0.1, 0.15) is 44.2 Å². The lowest BCUT2D eigenvalue weighted by atomic mass is 9.79. The maximum atomic E-state index is 9.29. The zero-order valence-corrected chi connectivity index (χ0v) is 13.5. The summed E-state index contributed by atoms with van der Waals surface area (Å²) in [6.07, 6.45) is 3.02. The van der Waals surface area contributed by atoms with Crippen LogP contribution in [0.5, 0.6) is 5.75 Å². The molecule has 3 nitrogen and oxygen atoms in total. The Balaban J connectivity index is 1.78. The van der Waals surface area contributed by atoms with Gasteiger partial charge in [0.15, 0.2) is 0 Å². The second-order valence-corrected chi connectivity index (χ2v) is 7.04. The van der Waals surface area contributed by atoms with Crippen molar-refractivity contribution in [3.63, 3.8) is 0 Å². The van der Waals surface area contributed by atoms with Crippen LogP contribution < -0.4 is 10.1 Å². The molecule has 2 N–H and O–H groups in total. The predicted octanol–water partition coefficient (Wildman–Crippen LogP) is 2.46. The Hall–Kier alpha value is -1.50. The van der Waals surface area contributed by atoms with Gasteiger partial charge in [-0.15, -0.1) is 0 Å². The third-order valence-corrected chi connectivity index (χ3v) is 4.85. The summed E-state index contributed by atoms with van der Waals surface area (Å²) >= 11 is 0. The van der Waals surface area contributed by atoms with E-state index in [2.05, 4.69) is 37.1 Å². The van der Waals surface area contributed by atoms with Gasteiger partial charge in [-0.05, 0) is 55.3 Å². The highest BCUT2D eigenvalue weighted by Gasteiger charge is 2.28. The first-order valence-corrected chi connectivity index (χ1v) is 8.21. The van der Waals surface area contributed by atoms with Crippen LogP contribution in [0.2, 0.25) is 0 Å². The fourth-order valence-electron chi connectivity index (χ4n) is 3.26. The van der Waals surface area contributed by atoms with Gasteiger partial charge >= 0.3 is 0 Å². The molecule has 22 heavy (non-hydrogen) atoms. The Morgan fingerprint density at radius 3 is 3.09 bits per heavy atom. The van der Waals surface area contributed by atoms with Gasteiger partial charge in [0.2, 0.25) is 0 Å². The lowest BCUT2D eigenvalue weighted by molar-refractivity contribution is 0.186. The van der Waals surface area contributed by atoms with Crippen molar-refractivity contribution >= 4 is 0 Å². The van der Waals surface area contributed by atoms with Gasteiger partial charge in [-0.2, -0.15) is 0 Å². The van der Waals surface area contributed by atoms with Gasteiger partial charge in [-0.1, -0.05) is 25.7 Å². The Labute approximate surface area is 133 Å². The topological polar surface area (TPSA) is 41.5 Å². The monoisotopic (exact) mass is 299 g/mol. The summed E-state index contributed by atoms with van der Waals surface area (Å²) in [5.41, 5.74) is 2.46. The summed E-state index contributed by atoms with van der Waals surface area (Å²) in [5, 5.41) is 12.7. The summed E-state index contributed by atoms with van der Waals surface area (Å²) in [4.78, 5) is 0. The van der Waals surface area contributed by atoms with E-state index in [9.17, 15) is 5.11 Å². The molecule has 0 amide bonds. The number of aliphatic hydroxyl groups excluding tert-OH is 1. The first kappa shape index (κ1) is 15.4. The van der Waals surface area contributed by atoms with E-state index < -0.39 is 0 Å². The summed E-state index contributed by atoms with van der Waals surface area (Å²) in [6.45, 7) is 6.53. The molecule has 0 bridgehead atoms. The zero-order valence-electron chi connectivity index (χ0n) is 13.5. The maximum absolute atomic E-state index is 9.29. The van der Waals surface area contributed by atoms with E-state index >= 15 is 0 Å². The molecule has 3 heteroatoms. The van der Waals surface area contributed by atoms with Crippen LogP contribution in [-0.4, -0.2) is 30.9 Å². The molecule has 2 aliphatic rings. The minimum atomic E-state index is 0.149. The van der Waals surface area contributed by atoms with Crippen LogP contribution in [0.4, 0.5) is 0 Å². The summed E-state index contributed by atoms with van der Waals surface area (Å²) in [6, 6.07) is 6.45. The lowest BCUT2D eigenvalue weighted by Crippen LogP contribution is -2.38. The van der Waals surface area contributed by atoms with Crippen molar-refractivity contribution in [3.05, 3.63) is 29.3 Å². The number of hydrogen-bond donors (Lipinski definition) is 2. The SMILES string of the molecule is CC1(C)CCOc2ccc(C#CC3CC(CO)CCN3)cc21. The van der Waals surface area contributed by atoms with Crippen molar-refractivity contribution < 1.29 is 9.84 Å². The van der Waals surface area contributed by atoms with Gasteiger partial charge in [0.05, 0.1) is 12.6 Å². The van der Waals surface area contributed by atoms with Crippen molar-refractivity contribution in [2.75, 3.05) is 19.8 Å². The van der Waals surface area contributed by atoms with E-state index in [0.717, 1.165) is 43.7 Å². The van der Waals surface area contributed by atoms with Crippen LogP contribution in [0, 0.1) is 17.8 Å². The summed E-state index contributed by atoms with van der Waals surface area (Å²) in [7, 11) is 0. The largest absolute Gasteiger partial charge is 0.493 e. The molecule has 1 aromatic carbocycles. The third kappa shape index (κ3) is 3.29. The highest BCUT2D eigenvalue weighted by molar-refractivity contribution is 5.48. The number of aliphatic hydroxyl groups is 1. The van der Waals surface area contributed by atoms with Crippen LogP contribution in [0.15, 0.2) is 18.2 Å². The van der Waals surface area contributed by atoms with Crippen LogP contribution in [0.3, 0.4) is 0 Å². The third-order valence-electron chi connectivity index (χ3n) is 4.85. The van der Waals surface area contributed by atoms with Gasteiger partial charge < -0.3 is 15.2 Å². The molecule has 1 fully saturated rings. The van der Waals surface area contributed by atoms with E-state index in [4.69, 9.17) is 4.74 Å². The van der Waals surface area contributed by atoms with Gasteiger partial charge in [0.25, 0.3) is 0 Å². The Kier molecular flexibility index (Phi) is 4.42. The molecule has 1 aromatic rings. The molecule has 0 aromatic heterocycles. The number of piperidine rings is 1. The molecule has 0 aliphatic carbocycles. The van der Waals surface area contributed by atoms with Crippen molar-refractivity contribution in [3.8, 4) is 17.6 Å². The predicted molar refractivity (Wildman–Crippen MR) is 88.1 cm³/mol.